The Morgan fingerprint density at radius 2 is 1.34 bits per heavy atom. The molecule has 5 aromatic rings. The smallest absolute Gasteiger partial charge is 0.103 e. The number of pyridine rings is 1. The van der Waals surface area contributed by atoms with Crippen LogP contribution in [0, 0.1) is 0 Å². The molecule has 0 aliphatic heterocycles. The van der Waals surface area contributed by atoms with Gasteiger partial charge in [-0.3, -0.25) is 4.98 Å². The molecule has 0 saturated carbocycles. The highest BCUT2D eigenvalue weighted by molar-refractivity contribution is 5.89. The number of hydrogen-bond acceptors (Lipinski definition) is 4. The summed E-state index contributed by atoms with van der Waals surface area (Å²) in [7, 11) is 0. The van der Waals surface area contributed by atoms with Crippen molar-refractivity contribution in [3.8, 4) is 16.9 Å². The topological polar surface area (TPSA) is 46.3 Å². The van der Waals surface area contributed by atoms with Crippen molar-refractivity contribution in [1.29, 1.82) is 0 Å². The molecule has 0 aliphatic rings. The van der Waals surface area contributed by atoms with E-state index in [4.69, 9.17) is 10.2 Å². The summed E-state index contributed by atoms with van der Waals surface area (Å²) in [6.07, 6.45) is 7.43. The minimum atomic E-state index is 0.826. The maximum atomic E-state index is 4.86. The van der Waals surface area contributed by atoms with Crippen molar-refractivity contribution in [2.45, 2.75) is 0 Å². The first-order valence-electron chi connectivity index (χ1n) is 10.4. The van der Waals surface area contributed by atoms with E-state index in [-0.39, 0.29) is 0 Å². The molecule has 2 aromatic heterocycles. The van der Waals surface area contributed by atoms with Crippen LogP contribution in [-0.2, 0) is 0 Å². The molecule has 5 rings (SSSR count). The van der Waals surface area contributed by atoms with Gasteiger partial charge in [0.1, 0.15) is 5.69 Å². The minimum absolute atomic E-state index is 0.826. The van der Waals surface area contributed by atoms with Gasteiger partial charge in [0.2, 0.25) is 0 Å². The lowest BCUT2D eigenvalue weighted by atomic mass is 10.1. The molecule has 32 heavy (non-hydrogen) atoms. The monoisotopic (exact) mass is 415 g/mol. The van der Waals surface area contributed by atoms with E-state index in [9.17, 15) is 0 Å². The van der Waals surface area contributed by atoms with Gasteiger partial charge < -0.3 is 0 Å². The molecular formula is C27H21N5. The third kappa shape index (κ3) is 4.18. The normalized spacial score (nSPS) is 11.0. The number of para-hydroxylation sites is 3. The third-order valence-electron chi connectivity index (χ3n) is 5.01. The lowest BCUT2D eigenvalue weighted by Gasteiger charge is -2.19. The van der Waals surface area contributed by atoms with Crippen LogP contribution in [-0.4, -0.2) is 21.0 Å². The van der Waals surface area contributed by atoms with Gasteiger partial charge in [-0.25, -0.2) is 9.69 Å². The molecule has 0 N–H and O–H groups in total. The Balaban J connectivity index is 1.59. The Morgan fingerprint density at radius 3 is 1.94 bits per heavy atom. The average Bonchev–Trinajstić information content (AvgIpc) is 3.31. The standard InChI is InChI=1S/C27H21N5/c1-4-12-24(13-5-1)31-21-23(27(30-31)22-11-10-18-28-19-22)20-29-32(25-14-6-2-7-15-25)26-16-8-3-9-17-26/h1-21H/b29-20-. The fourth-order valence-corrected chi connectivity index (χ4v) is 3.46. The lowest BCUT2D eigenvalue weighted by Crippen LogP contribution is -2.09. The van der Waals surface area contributed by atoms with Gasteiger partial charge >= 0.3 is 0 Å². The zero-order valence-corrected chi connectivity index (χ0v) is 17.4. The van der Waals surface area contributed by atoms with Crippen molar-refractivity contribution < 1.29 is 0 Å². The lowest BCUT2D eigenvalue weighted by molar-refractivity contribution is 0.884. The summed E-state index contributed by atoms with van der Waals surface area (Å²) in [5, 5.41) is 11.6. The van der Waals surface area contributed by atoms with Crippen LogP contribution in [0.2, 0.25) is 0 Å². The van der Waals surface area contributed by atoms with Crippen LogP contribution in [0.3, 0.4) is 0 Å². The van der Waals surface area contributed by atoms with Gasteiger partial charge in [0, 0.05) is 29.7 Å². The largest absolute Gasteiger partial charge is 0.264 e. The van der Waals surface area contributed by atoms with Crippen LogP contribution < -0.4 is 5.01 Å². The summed E-state index contributed by atoms with van der Waals surface area (Å²) >= 11 is 0. The molecule has 2 heterocycles. The summed E-state index contributed by atoms with van der Waals surface area (Å²) in [5.41, 5.74) is 5.61. The summed E-state index contributed by atoms with van der Waals surface area (Å²) in [4.78, 5) is 4.27. The average molecular weight is 416 g/mol. The van der Waals surface area contributed by atoms with E-state index in [1.54, 1.807) is 6.20 Å². The van der Waals surface area contributed by atoms with Crippen molar-refractivity contribution in [1.82, 2.24) is 14.8 Å². The summed E-state index contributed by atoms with van der Waals surface area (Å²) in [6, 6.07) is 34.2. The first-order chi connectivity index (χ1) is 15.9. The second kappa shape index (κ2) is 9.10. The Labute approximate surface area is 186 Å². The van der Waals surface area contributed by atoms with Crippen LogP contribution in [0.5, 0.6) is 0 Å². The summed E-state index contributed by atoms with van der Waals surface area (Å²) < 4.78 is 1.87. The first kappa shape index (κ1) is 19.5. The van der Waals surface area contributed by atoms with E-state index in [1.165, 1.54) is 0 Å². The maximum absolute atomic E-state index is 4.86. The molecule has 0 radical (unpaired) electrons. The van der Waals surface area contributed by atoms with Gasteiger partial charge in [-0.05, 0) is 48.5 Å². The zero-order chi connectivity index (χ0) is 21.6. The predicted molar refractivity (Wildman–Crippen MR) is 129 cm³/mol. The van der Waals surface area contributed by atoms with Crippen molar-refractivity contribution in [2.75, 3.05) is 5.01 Å². The molecule has 5 heteroatoms. The van der Waals surface area contributed by atoms with E-state index in [2.05, 4.69) is 4.98 Å². The third-order valence-corrected chi connectivity index (χ3v) is 5.01. The number of hydrazone groups is 1. The highest BCUT2D eigenvalue weighted by atomic mass is 15.5. The highest BCUT2D eigenvalue weighted by Crippen LogP contribution is 2.26. The number of benzene rings is 3. The van der Waals surface area contributed by atoms with Crippen LogP contribution in [0.4, 0.5) is 11.4 Å². The summed E-state index contributed by atoms with van der Waals surface area (Å²) in [6.45, 7) is 0. The van der Waals surface area contributed by atoms with Crippen LogP contribution in [0.15, 0.2) is 127 Å². The van der Waals surface area contributed by atoms with Crippen molar-refractivity contribution >= 4 is 17.6 Å². The summed E-state index contributed by atoms with van der Waals surface area (Å²) in [5.74, 6) is 0. The molecule has 0 fully saturated rings. The van der Waals surface area contributed by atoms with Crippen molar-refractivity contribution in [3.63, 3.8) is 0 Å². The molecule has 0 spiro atoms. The Hall–Kier alpha value is -4.51. The van der Waals surface area contributed by atoms with E-state index in [1.807, 2.05) is 131 Å². The van der Waals surface area contributed by atoms with E-state index < -0.39 is 0 Å². The predicted octanol–water partition coefficient (Wildman–Crippen LogP) is 6.11. The van der Waals surface area contributed by atoms with Crippen molar-refractivity contribution in [3.05, 3.63) is 127 Å². The molecular weight excluding hydrogens is 394 g/mol. The van der Waals surface area contributed by atoms with Gasteiger partial charge in [0.25, 0.3) is 0 Å². The molecule has 0 amide bonds. The molecule has 0 atom stereocenters. The van der Waals surface area contributed by atoms with Crippen LogP contribution in [0.25, 0.3) is 16.9 Å². The molecule has 0 aliphatic carbocycles. The molecule has 154 valence electrons. The van der Waals surface area contributed by atoms with Gasteiger partial charge in [0.15, 0.2) is 0 Å². The van der Waals surface area contributed by atoms with E-state index in [0.717, 1.165) is 33.9 Å². The Morgan fingerprint density at radius 1 is 0.719 bits per heavy atom. The van der Waals surface area contributed by atoms with Crippen molar-refractivity contribution in [2.24, 2.45) is 5.10 Å². The molecule has 3 aromatic carbocycles. The number of aromatic nitrogens is 3. The van der Waals surface area contributed by atoms with Crippen LogP contribution in [0.1, 0.15) is 5.56 Å². The first-order valence-corrected chi connectivity index (χ1v) is 10.4. The molecule has 0 bridgehead atoms. The quantitative estimate of drug-likeness (QED) is 0.248. The second-order valence-corrected chi connectivity index (χ2v) is 7.18. The fourth-order valence-electron chi connectivity index (χ4n) is 3.46. The number of hydrogen-bond donors (Lipinski definition) is 0. The van der Waals surface area contributed by atoms with Gasteiger partial charge in [-0.2, -0.15) is 10.2 Å². The van der Waals surface area contributed by atoms with Crippen LogP contribution >= 0.6 is 0 Å². The zero-order valence-electron chi connectivity index (χ0n) is 17.4. The van der Waals surface area contributed by atoms with E-state index in [0.29, 0.717) is 0 Å². The van der Waals surface area contributed by atoms with Gasteiger partial charge in [-0.15, -0.1) is 0 Å². The SMILES string of the molecule is C(=N/N(c1ccccc1)c1ccccc1)/c1cn(-c2ccccc2)nc1-c1cccnc1. The number of rotatable bonds is 6. The highest BCUT2D eigenvalue weighted by Gasteiger charge is 2.13. The van der Waals surface area contributed by atoms with Gasteiger partial charge in [-0.1, -0.05) is 54.6 Å². The minimum Gasteiger partial charge on any atom is -0.264 e. The number of nitrogens with zero attached hydrogens (tertiary/aromatic N) is 5. The molecule has 0 saturated heterocycles. The molecule has 5 nitrogen and oxygen atoms in total. The van der Waals surface area contributed by atoms with E-state index >= 15 is 0 Å². The maximum Gasteiger partial charge on any atom is 0.103 e. The Kier molecular flexibility index (Phi) is 5.53. The van der Waals surface area contributed by atoms with Gasteiger partial charge in [0.05, 0.1) is 23.3 Å². The fraction of sp³-hybridized carbons (Fsp3) is 0. The second-order valence-electron chi connectivity index (χ2n) is 7.18. The number of anilines is 2. The Bertz CT molecular complexity index is 1260. The molecule has 0 unspecified atom stereocenters.